The van der Waals surface area contributed by atoms with E-state index in [1.54, 1.807) is 21.8 Å². The van der Waals surface area contributed by atoms with Gasteiger partial charge in [0, 0.05) is 29.7 Å². The standard InChI is InChI=1S/C20H20ClN5O.C12H23NO2/c1-12-7-13(9-22)3-5-16(12)20(27)26-11-14-10-23-25(2)19(14)24-17-8-15(21)4-6-18(17)26;1-12(2,3)6-9-13-7-4-10(5-8-13)11(14)15/h3-8,10,24H,9,11,22H2,1-2H3;10H,4-9H2,1-3H3,(H,14,15). The number of hydrogen-bond donors (Lipinski definition) is 3. The second kappa shape index (κ2) is 13.3. The molecule has 5 rings (SSSR count). The highest BCUT2D eigenvalue weighted by Crippen LogP contribution is 2.38. The highest BCUT2D eigenvalue weighted by Gasteiger charge is 2.28. The minimum Gasteiger partial charge on any atom is -0.481 e. The quantitative estimate of drug-likeness (QED) is 0.333. The number of likely N-dealkylation sites (tertiary alicyclic amines) is 1. The van der Waals surface area contributed by atoms with Crippen LogP contribution in [0.5, 0.6) is 0 Å². The fraction of sp³-hybridized carbons (Fsp3) is 0.469. The van der Waals surface area contributed by atoms with Gasteiger partial charge in [-0.1, -0.05) is 44.5 Å². The molecule has 0 bridgehead atoms. The first kappa shape index (κ1) is 31.5. The molecule has 9 nitrogen and oxygen atoms in total. The number of carboxylic acid groups (broad SMARTS) is 1. The number of rotatable bonds is 5. The van der Waals surface area contributed by atoms with Gasteiger partial charge in [0.15, 0.2) is 0 Å². The van der Waals surface area contributed by atoms with Gasteiger partial charge < -0.3 is 26.0 Å². The third-order valence-electron chi connectivity index (χ3n) is 7.96. The van der Waals surface area contributed by atoms with Gasteiger partial charge in [0.2, 0.25) is 0 Å². The van der Waals surface area contributed by atoms with E-state index in [4.69, 9.17) is 22.4 Å². The number of amides is 1. The Hall–Kier alpha value is -3.40. The van der Waals surface area contributed by atoms with Crippen molar-refractivity contribution in [1.29, 1.82) is 0 Å². The smallest absolute Gasteiger partial charge is 0.306 e. The maximum Gasteiger partial charge on any atom is 0.306 e. The molecule has 42 heavy (non-hydrogen) atoms. The average molecular weight is 595 g/mol. The first-order valence-corrected chi connectivity index (χ1v) is 14.9. The zero-order valence-electron chi connectivity index (χ0n) is 25.3. The predicted octanol–water partition coefficient (Wildman–Crippen LogP) is 5.96. The van der Waals surface area contributed by atoms with Crippen LogP contribution in [-0.2, 0) is 24.9 Å². The molecule has 10 heteroatoms. The lowest BCUT2D eigenvalue weighted by Gasteiger charge is -2.32. The van der Waals surface area contributed by atoms with E-state index in [1.807, 2.05) is 44.3 Å². The fourth-order valence-electron chi connectivity index (χ4n) is 5.30. The van der Waals surface area contributed by atoms with Gasteiger partial charge in [-0.15, -0.1) is 0 Å². The molecule has 0 spiro atoms. The zero-order chi connectivity index (χ0) is 30.6. The Kier molecular flexibility index (Phi) is 9.97. The van der Waals surface area contributed by atoms with E-state index in [9.17, 15) is 9.59 Å². The maximum atomic E-state index is 13.4. The predicted molar refractivity (Wildman–Crippen MR) is 168 cm³/mol. The van der Waals surface area contributed by atoms with E-state index >= 15 is 0 Å². The highest BCUT2D eigenvalue weighted by atomic mass is 35.5. The van der Waals surface area contributed by atoms with E-state index in [2.05, 4.69) is 36.1 Å². The number of carbonyl (C=O) groups excluding carboxylic acids is 1. The summed E-state index contributed by atoms with van der Waals surface area (Å²) in [5.74, 6) is 0.0588. The van der Waals surface area contributed by atoms with Crippen LogP contribution in [-0.4, -0.2) is 51.3 Å². The number of piperidine rings is 1. The SMILES string of the molecule is CC(C)(C)CCN1CCC(C(=O)O)CC1.Cc1cc(CN)ccc1C(=O)N1Cc2cnn(C)c2Nc2cc(Cl)ccc21. The molecule has 0 aliphatic carbocycles. The van der Waals surface area contributed by atoms with Crippen molar-refractivity contribution in [3.05, 3.63) is 69.9 Å². The monoisotopic (exact) mass is 594 g/mol. The first-order valence-electron chi connectivity index (χ1n) is 14.5. The summed E-state index contributed by atoms with van der Waals surface area (Å²) >= 11 is 6.20. The number of nitrogens with one attached hydrogen (secondary N) is 1. The molecule has 0 atom stereocenters. The second-order valence-electron chi connectivity index (χ2n) is 12.4. The lowest BCUT2D eigenvalue weighted by atomic mass is 9.91. The number of aromatic nitrogens is 2. The molecular formula is C32H43ClN6O3. The largest absolute Gasteiger partial charge is 0.481 e. The van der Waals surface area contributed by atoms with Gasteiger partial charge in [-0.25, -0.2) is 0 Å². The van der Waals surface area contributed by atoms with Gasteiger partial charge >= 0.3 is 5.97 Å². The molecule has 3 aromatic rings. The lowest BCUT2D eigenvalue weighted by molar-refractivity contribution is -0.143. The van der Waals surface area contributed by atoms with Gasteiger partial charge in [-0.2, -0.15) is 5.10 Å². The Balaban J connectivity index is 0.000000230. The van der Waals surface area contributed by atoms with Gasteiger partial charge in [-0.3, -0.25) is 14.3 Å². The molecule has 1 amide bonds. The minimum atomic E-state index is -0.620. The van der Waals surface area contributed by atoms with Gasteiger partial charge in [-0.05, 0) is 86.6 Å². The number of fused-ring (bicyclic) bond motifs is 2. The number of benzene rings is 2. The molecule has 2 aliphatic heterocycles. The third-order valence-corrected chi connectivity index (χ3v) is 8.20. The Labute approximate surface area is 253 Å². The molecule has 226 valence electrons. The van der Waals surface area contributed by atoms with E-state index in [0.29, 0.717) is 29.1 Å². The summed E-state index contributed by atoms with van der Waals surface area (Å²) in [6.45, 7) is 12.5. The number of hydrogen-bond acceptors (Lipinski definition) is 6. The summed E-state index contributed by atoms with van der Waals surface area (Å²) in [6.07, 6.45) is 4.60. The fourth-order valence-corrected chi connectivity index (χ4v) is 5.48. The molecule has 0 radical (unpaired) electrons. The van der Waals surface area contributed by atoms with Gasteiger partial charge in [0.25, 0.3) is 5.91 Å². The Morgan fingerprint density at radius 1 is 1.14 bits per heavy atom. The topological polar surface area (TPSA) is 117 Å². The summed E-state index contributed by atoms with van der Waals surface area (Å²) in [5.41, 5.74) is 11.1. The van der Waals surface area contributed by atoms with Crippen molar-refractivity contribution < 1.29 is 14.7 Å². The maximum absolute atomic E-state index is 13.4. The van der Waals surface area contributed by atoms with Crippen LogP contribution in [0.25, 0.3) is 0 Å². The van der Waals surface area contributed by atoms with Gasteiger partial charge in [0.1, 0.15) is 5.82 Å². The number of anilines is 3. The van der Waals surface area contributed by atoms with Crippen LogP contribution in [0.2, 0.25) is 5.02 Å². The molecule has 2 aliphatic rings. The van der Waals surface area contributed by atoms with Crippen molar-refractivity contribution in [2.45, 2.75) is 60.0 Å². The molecular weight excluding hydrogens is 552 g/mol. The van der Waals surface area contributed by atoms with Crippen molar-refractivity contribution in [3.63, 3.8) is 0 Å². The third kappa shape index (κ3) is 7.70. The summed E-state index contributed by atoms with van der Waals surface area (Å²) in [4.78, 5) is 28.4. The van der Waals surface area contributed by atoms with Crippen LogP contribution < -0.4 is 16.0 Å². The van der Waals surface area contributed by atoms with Crippen LogP contribution in [0.1, 0.15) is 67.1 Å². The van der Waals surface area contributed by atoms with Crippen LogP contribution in [0.3, 0.4) is 0 Å². The minimum absolute atomic E-state index is 0.0712. The Morgan fingerprint density at radius 2 is 1.86 bits per heavy atom. The van der Waals surface area contributed by atoms with E-state index < -0.39 is 5.97 Å². The molecule has 2 aromatic carbocycles. The number of nitrogens with zero attached hydrogens (tertiary/aromatic N) is 4. The number of nitrogens with two attached hydrogens (primary N) is 1. The van der Waals surface area contributed by atoms with E-state index in [-0.39, 0.29) is 11.8 Å². The number of aliphatic carboxylic acids is 1. The Bertz CT molecular complexity index is 1420. The van der Waals surface area contributed by atoms with Crippen LogP contribution >= 0.6 is 11.6 Å². The molecule has 1 saturated heterocycles. The van der Waals surface area contributed by atoms with Gasteiger partial charge in [0.05, 0.1) is 30.0 Å². The second-order valence-corrected chi connectivity index (χ2v) is 12.9. The van der Waals surface area contributed by atoms with E-state index in [0.717, 1.165) is 66.4 Å². The number of carboxylic acids is 1. The number of halogens is 1. The van der Waals surface area contributed by atoms with Crippen LogP contribution in [0.15, 0.2) is 42.6 Å². The molecule has 0 unspecified atom stereocenters. The molecule has 3 heterocycles. The molecule has 1 aromatic heterocycles. The summed E-state index contributed by atoms with van der Waals surface area (Å²) in [7, 11) is 1.86. The van der Waals surface area contributed by atoms with Crippen molar-refractivity contribution in [1.82, 2.24) is 14.7 Å². The first-order chi connectivity index (χ1) is 19.9. The molecule has 4 N–H and O–H groups in total. The van der Waals surface area contributed by atoms with Crippen LogP contribution in [0, 0.1) is 18.3 Å². The average Bonchev–Trinajstić information content (AvgIpc) is 3.19. The molecule has 1 fully saturated rings. The highest BCUT2D eigenvalue weighted by molar-refractivity contribution is 6.31. The number of carbonyl (C=O) groups is 2. The van der Waals surface area contributed by atoms with E-state index in [1.165, 1.54) is 6.42 Å². The van der Waals surface area contributed by atoms with Crippen molar-refractivity contribution in [2.24, 2.45) is 24.1 Å². The summed E-state index contributed by atoms with van der Waals surface area (Å²) in [5, 5.41) is 17.1. The number of aryl methyl sites for hydroxylation is 2. The zero-order valence-corrected chi connectivity index (χ0v) is 26.0. The molecule has 0 saturated carbocycles. The Morgan fingerprint density at radius 3 is 2.48 bits per heavy atom. The summed E-state index contributed by atoms with van der Waals surface area (Å²) < 4.78 is 1.76. The normalized spacial score (nSPS) is 15.5. The summed E-state index contributed by atoms with van der Waals surface area (Å²) in [6, 6.07) is 11.2. The van der Waals surface area contributed by atoms with Crippen LogP contribution in [0.4, 0.5) is 17.2 Å². The lowest BCUT2D eigenvalue weighted by Crippen LogP contribution is -2.37. The van der Waals surface area contributed by atoms with Crippen molar-refractivity contribution >= 4 is 40.7 Å². The van der Waals surface area contributed by atoms with Crippen molar-refractivity contribution in [2.75, 3.05) is 29.9 Å². The van der Waals surface area contributed by atoms with Crippen molar-refractivity contribution in [3.8, 4) is 0 Å².